The van der Waals surface area contributed by atoms with Gasteiger partial charge in [-0.2, -0.15) is 10.2 Å². The fourth-order valence-electron chi connectivity index (χ4n) is 2.17. The fourth-order valence-corrected chi connectivity index (χ4v) is 2.17. The summed E-state index contributed by atoms with van der Waals surface area (Å²) in [7, 11) is 0. The molecule has 0 aromatic carbocycles. The number of ketones is 1. The number of hydrogen-bond donors (Lipinski definition) is 0. The van der Waals surface area contributed by atoms with E-state index in [2.05, 4.69) is 15.2 Å². The predicted molar refractivity (Wildman–Crippen MR) is 80.6 cm³/mol. The molecule has 110 valence electrons. The van der Waals surface area contributed by atoms with Crippen LogP contribution in [0.1, 0.15) is 38.3 Å². The second kappa shape index (κ2) is 6.26. The molecule has 2 heterocycles. The number of carbonyl (C=O) groups is 1. The molecule has 1 saturated carbocycles. The van der Waals surface area contributed by atoms with Crippen LogP contribution in [0.2, 0.25) is 0 Å². The summed E-state index contributed by atoms with van der Waals surface area (Å²) >= 11 is 0. The molecule has 1 aliphatic heterocycles. The second-order valence-electron chi connectivity index (χ2n) is 5.67. The van der Waals surface area contributed by atoms with Crippen molar-refractivity contribution in [3.8, 4) is 0 Å². The minimum Gasteiger partial charge on any atom is -0.370 e. The van der Waals surface area contributed by atoms with E-state index in [1.54, 1.807) is 6.20 Å². The second-order valence-corrected chi connectivity index (χ2v) is 5.67. The Morgan fingerprint density at radius 2 is 2.24 bits per heavy atom. The van der Waals surface area contributed by atoms with Gasteiger partial charge in [-0.05, 0) is 37.8 Å². The molecule has 0 saturated heterocycles. The average Bonchev–Trinajstić information content (AvgIpc) is 3.23. The molecule has 5 nitrogen and oxygen atoms in total. The van der Waals surface area contributed by atoms with E-state index in [9.17, 15) is 4.79 Å². The summed E-state index contributed by atoms with van der Waals surface area (Å²) < 4.78 is 5.60. The number of aromatic nitrogens is 1. The SMILES string of the molecule is CC(OCC1CC1)C(=O)CC1=NN=C(c2ccccn2)C1. The van der Waals surface area contributed by atoms with Gasteiger partial charge in [-0.3, -0.25) is 9.78 Å². The van der Waals surface area contributed by atoms with Gasteiger partial charge in [0.15, 0.2) is 5.78 Å². The first-order chi connectivity index (χ1) is 10.2. The molecule has 1 aromatic rings. The lowest BCUT2D eigenvalue weighted by Gasteiger charge is -2.11. The molecule has 0 radical (unpaired) electrons. The molecule has 1 unspecified atom stereocenters. The van der Waals surface area contributed by atoms with Crippen LogP contribution in [0.4, 0.5) is 0 Å². The lowest BCUT2D eigenvalue weighted by atomic mass is 10.0. The van der Waals surface area contributed by atoms with Crippen molar-refractivity contribution in [1.82, 2.24) is 4.98 Å². The van der Waals surface area contributed by atoms with Gasteiger partial charge in [0.25, 0.3) is 0 Å². The highest BCUT2D eigenvalue weighted by molar-refractivity contribution is 6.18. The highest BCUT2D eigenvalue weighted by Gasteiger charge is 2.25. The number of carbonyl (C=O) groups excluding carboxylic acids is 1. The van der Waals surface area contributed by atoms with E-state index in [0.29, 0.717) is 25.4 Å². The third-order valence-electron chi connectivity index (χ3n) is 3.75. The number of pyridine rings is 1. The van der Waals surface area contributed by atoms with Crippen LogP contribution >= 0.6 is 0 Å². The maximum Gasteiger partial charge on any atom is 0.166 e. The molecular weight excluding hydrogens is 266 g/mol. The number of hydrogen-bond acceptors (Lipinski definition) is 5. The van der Waals surface area contributed by atoms with Crippen molar-refractivity contribution < 1.29 is 9.53 Å². The van der Waals surface area contributed by atoms with Gasteiger partial charge < -0.3 is 4.74 Å². The lowest BCUT2D eigenvalue weighted by molar-refractivity contribution is -0.128. The standard InChI is InChI=1S/C16H19N3O2/c1-11(21-10-12-5-6-12)16(20)9-13-8-15(19-18-13)14-4-2-3-7-17-14/h2-4,7,11-12H,5-6,8-10H2,1H3. The van der Waals surface area contributed by atoms with Crippen LogP contribution < -0.4 is 0 Å². The molecule has 0 bridgehead atoms. The smallest absolute Gasteiger partial charge is 0.166 e. The molecule has 3 rings (SSSR count). The zero-order chi connectivity index (χ0) is 14.7. The Balaban J connectivity index is 1.47. The molecule has 0 N–H and O–H groups in total. The first-order valence-corrected chi connectivity index (χ1v) is 7.40. The Kier molecular flexibility index (Phi) is 4.20. The summed E-state index contributed by atoms with van der Waals surface area (Å²) in [5.74, 6) is 0.745. The van der Waals surface area contributed by atoms with E-state index < -0.39 is 0 Å². The fraction of sp³-hybridized carbons (Fsp3) is 0.500. The molecular formula is C16H19N3O2. The molecule has 1 aromatic heterocycles. The maximum absolute atomic E-state index is 12.1. The van der Waals surface area contributed by atoms with E-state index in [4.69, 9.17) is 4.74 Å². The van der Waals surface area contributed by atoms with Crippen molar-refractivity contribution in [2.45, 2.75) is 38.7 Å². The number of ether oxygens (including phenoxy) is 1. The molecule has 1 atom stereocenters. The summed E-state index contributed by atoms with van der Waals surface area (Å²) in [5.41, 5.74) is 2.44. The number of Topliss-reactive ketones (excluding diaryl/α,β-unsaturated/α-hetero) is 1. The molecule has 0 amide bonds. The van der Waals surface area contributed by atoms with Crippen molar-refractivity contribution in [2.75, 3.05) is 6.61 Å². The minimum atomic E-state index is -0.354. The van der Waals surface area contributed by atoms with Gasteiger partial charge in [0.1, 0.15) is 6.10 Å². The van der Waals surface area contributed by atoms with Crippen LogP contribution in [0.15, 0.2) is 34.6 Å². The predicted octanol–water partition coefficient (Wildman–Crippen LogP) is 2.40. The van der Waals surface area contributed by atoms with E-state index >= 15 is 0 Å². The molecule has 0 spiro atoms. The van der Waals surface area contributed by atoms with Crippen molar-refractivity contribution in [2.24, 2.45) is 16.1 Å². The zero-order valence-corrected chi connectivity index (χ0v) is 12.2. The quantitative estimate of drug-likeness (QED) is 0.772. The molecule has 21 heavy (non-hydrogen) atoms. The summed E-state index contributed by atoms with van der Waals surface area (Å²) in [4.78, 5) is 16.4. The van der Waals surface area contributed by atoms with Crippen LogP contribution in [0.25, 0.3) is 0 Å². The van der Waals surface area contributed by atoms with E-state index in [1.807, 2.05) is 25.1 Å². The molecule has 2 aliphatic rings. The van der Waals surface area contributed by atoms with Crippen LogP contribution in [0, 0.1) is 5.92 Å². The van der Waals surface area contributed by atoms with Gasteiger partial charge in [-0.25, -0.2) is 0 Å². The molecule has 5 heteroatoms. The third-order valence-corrected chi connectivity index (χ3v) is 3.75. The van der Waals surface area contributed by atoms with Crippen LogP contribution in [0.5, 0.6) is 0 Å². The molecule has 1 aliphatic carbocycles. The van der Waals surface area contributed by atoms with Crippen LogP contribution in [-0.4, -0.2) is 34.9 Å². The van der Waals surface area contributed by atoms with Crippen molar-refractivity contribution in [3.05, 3.63) is 30.1 Å². The largest absolute Gasteiger partial charge is 0.370 e. The van der Waals surface area contributed by atoms with Gasteiger partial charge in [0.05, 0.1) is 23.7 Å². The van der Waals surface area contributed by atoms with Crippen molar-refractivity contribution in [1.29, 1.82) is 0 Å². The average molecular weight is 285 g/mol. The Labute approximate surface area is 124 Å². The van der Waals surface area contributed by atoms with Crippen LogP contribution in [-0.2, 0) is 9.53 Å². The molecule has 1 fully saturated rings. The first-order valence-electron chi connectivity index (χ1n) is 7.40. The normalized spacial score (nSPS) is 19.1. The highest BCUT2D eigenvalue weighted by atomic mass is 16.5. The Morgan fingerprint density at radius 1 is 1.38 bits per heavy atom. The lowest BCUT2D eigenvalue weighted by Crippen LogP contribution is -2.24. The number of rotatable bonds is 7. The van der Waals surface area contributed by atoms with E-state index in [0.717, 1.165) is 17.1 Å². The summed E-state index contributed by atoms with van der Waals surface area (Å²) in [6.07, 6.45) is 4.75. The van der Waals surface area contributed by atoms with Gasteiger partial charge in [-0.1, -0.05) is 6.07 Å². The van der Waals surface area contributed by atoms with Crippen LogP contribution in [0.3, 0.4) is 0 Å². The summed E-state index contributed by atoms with van der Waals surface area (Å²) in [5, 5.41) is 8.24. The maximum atomic E-state index is 12.1. The number of nitrogens with zero attached hydrogens (tertiary/aromatic N) is 3. The summed E-state index contributed by atoms with van der Waals surface area (Å²) in [6, 6.07) is 5.69. The van der Waals surface area contributed by atoms with Gasteiger partial charge in [0.2, 0.25) is 0 Å². The first kappa shape index (κ1) is 14.1. The Bertz CT molecular complexity index is 576. The summed E-state index contributed by atoms with van der Waals surface area (Å²) in [6.45, 7) is 2.52. The van der Waals surface area contributed by atoms with E-state index in [-0.39, 0.29) is 11.9 Å². The zero-order valence-electron chi connectivity index (χ0n) is 12.2. The third kappa shape index (κ3) is 3.82. The Hall–Kier alpha value is -1.88. The van der Waals surface area contributed by atoms with Crippen molar-refractivity contribution >= 4 is 17.2 Å². The highest BCUT2D eigenvalue weighted by Crippen LogP contribution is 2.29. The van der Waals surface area contributed by atoms with Crippen molar-refractivity contribution in [3.63, 3.8) is 0 Å². The van der Waals surface area contributed by atoms with Gasteiger partial charge in [-0.15, -0.1) is 0 Å². The minimum absolute atomic E-state index is 0.0758. The topological polar surface area (TPSA) is 63.9 Å². The monoisotopic (exact) mass is 285 g/mol. The Morgan fingerprint density at radius 3 is 2.95 bits per heavy atom. The van der Waals surface area contributed by atoms with Gasteiger partial charge in [0, 0.05) is 19.0 Å². The van der Waals surface area contributed by atoms with Gasteiger partial charge >= 0.3 is 0 Å². The van der Waals surface area contributed by atoms with E-state index in [1.165, 1.54) is 12.8 Å².